The van der Waals surface area contributed by atoms with Gasteiger partial charge in [0.2, 0.25) is 5.89 Å². The molecule has 0 aromatic carbocycles. The number of nitrogens with two attached hydrogens (primary N) is 1. The van der Waals surface area contributed by atoms with Crippen molar-refractivity contribution in [3.63, 3.8) is 0 Å². The highest BCUT2D eigenvalue weighted by atomic mass is 16.5. The summed E-state index contributed by atoms with van der Waals surface area (Å²) in [6.45, 7) is 3.39. The Kier molecular flexibility index (Phi) is 4.71. The lowest BCUT2D eigenvalue weighted by atomic mass is 10.0. The Bertz CT molecular complexity index is 285. The van der Waals surface area contributed by atoms with Crippen molar-refractivity contribution in [3.05, 3.63) is 11.7 Å². The summed E-state index contributed by atoms with van der Waals surface area (Å²) in [5, 5.41) is 3.92. The molecule has 0 fully saturated rings. The summed E-state index contributed by atoms with van der Waals surface area (Å²) in [7, 11) is 3.95. The van der Waals surface area contributed by atoms with Crippen LogP contribution < -0.4 is 5.73 Å². The van der Waals surface area contributed by atoms with Crippen molar-refractivity contribution >= 4 is 0 Å². The summed E-state index contributed by atoms with van der Waals surface area (Å²) in [6, 6.07) is 0. The van der Waals surface area contributed by atoms with Gasteiger partial charge in [0.25, 0.3) is 0 Å². The summed E-state index contributed by atoms with van der Waals surface area (Å²) in [6.07, 6.45) is 2.08. The highest BCUT2D eigenvalue weighted by Gasteiger charge is 2.16. The van der Waals surface area contributed by atoms with Crippen molar-refractivity contribution in [1.82, 2.24) is 15.0 Å². The lowest BCUT2D eigenvalue weighted by molar-refractivity contribution is 0.332. The van der Waals surface area contributed by atoms with Crippen LogP contribution in [0.1, 0.15) is 37.4 Å². The molecule has 1 atom stereocenters. The summed E-state index contributed by atoms with van der Waals surface area (Å²) in [5.74, 6) is 1.61. The maximum absolute atomic E-state index is 5.66. The van der Waals surface area contributed by atoms with Gasteiger partial charge in [0.15, 0.2) is 5.82 Å². The lowest BCUT2D eigenvalue weighted by Crippen LogP contribution is -2.14. The number of rotatable bonds is 6. The largest absolute Gasteiger partial charge is 0.339 e. The van der Waals surface area contributed by atoms with Gasteiger partial charge < -0.3 is 15.2 Å². The molecule has 15 heavy (non-hydrogen) atoms. The molecule has 5 nitrogen and oxygen atoms in total. The Balaban J connectivity index is 2.64. The molecule has 0 radical (unpaired) electrons. The third-order valence-electron chi connectivity index (χ3n) is 2.21. The number of hydrogen-bond acceptors (Lipinski definition) is 5. The first-order valence-electron chi connectivity index (χ1n) is 5.34. The summed E-state index contributed by atoms with van der Waals surface area (Å²) < 4.78 is 5.20. The minimum absolute atomic E-state index is 0.207. The zero-order valence-electron chi connectivity index (χ0n) is 9.73. The molecule has 0 aliphatic carbocycles. The topological polar surface area (TPSA) is 68.2 Å². The molecule has 0 bridgehead atoms. The lowest BCUT2D eigenvalue weighted by Gasteiger charge is -2.07. The molecule has 1 rings (SSSR count). The molecule has 1 heterocycles. The fourth-order valence-electron chi connectivity index (χ4n) is 1.47. The van der Waals surface area contributed by atoms with Crippen molar-refractivity contribution in [3.8, 4) is 0 Å². The van der Waals surface area contributed by atoms with Crippen molar-refractivity contribution < 1.29 is 4.52 Å². The van der Waals surface area contributed by atoms with E-state index in [4.69, 9.17) is 10.3 Å². The Labute approximate surface area is 90.6 Å². The smallest absolute Gasteiger partial charge is 0.231 e. The van der Waals surface area contributed by atoms with Crippen LogP contribution in [0.25, 0.3) is 0 Å². The molecule has 86 valence electrons. The van der Waals surface area contributed by atoms with Gasteiger partial charge in [-0.1, -0.05) is 18.5 Å². The maximum Gasteiger partial charge on any atom is 0.231 e. The minimum atomic E-state index is 0.207. The first-order valence-corrected chi connectivity index (χ1v) is 5.34. The average Bonchev–Trinajstić information content (AvgIpc) is 2.61. The van der Waals surface area contributed by atoms with Gasteiger partial charge in [-0.15, -0.1) is 0 Å². The van der Waals surface area contributed by atoms with E-state index in [1.54, 1.807) is 0 Å². The van der Waals surface area contributed by atoms with E-state index < -0.39 is 0 Å². The third kappa shape index (κ3) is 3.60. The normalized spacial score (nSPS) is 13.4. The monoisotopic (exact) mass is 212 g/mol. The molecule has 1 aromatic rings. The second-order valence-electron chi connectivity index (χ2n) is 4.01. The van der Waals surface area contributed by atoms with E-state index in [0.29, 0.717) is 19.0 Å². The van der Waals surface area contributed by atoms with Crippen LogP contribution >= 0.6 is 0 Å². The van der Waals surface area contributed by atoms with E-state index >= 15 is 0 Å². The SMILES string of the molecule is CCCC(CN)c1nc(CN(C)C)no1. The van der Waals surface area contributed by atoms with Gasteiger partial charge in [0.1, 0.15) is 0 Å². The third-order valence-corrected chi connectivity index (χ3v) is 2.21. The van der Waals surface area contributed by atoms with Gasteiger partial charge in [0, 0.05) is 6.54 Å². The first kappa shape index (κ1) is 12.1. The highest BCUT2D eigenvalue weighted by Crippen LogP contribution is 2.18. The average molecular weight is 212 g/mol. The molecule has 2 N–H and O–H groups in total. The summed E-state index contributed by atoms with van der Waals surface area (Å²) >= 11 is 0. The quantitative estimate of drug-likeness (QED) is 0.761. The summed E-state index contributed by atoms with van der Waals surface area (Å²) in [5.41, 5.74) is 5.66. The van der Waals surface area contributed by atoms with Gasteiger partial charge in [-0.05, 0) is 20.5 Å². The fourth-order valence-corrected chi connectivity index (χ4v) is 1.47. The Morgan fingerprint density at radius 1 is 1.47 bits per heavy atom. The van der Waals surface area contributed by atoms with E-state index in [0.717, 1.165) is 18.7 Å². The second kappa shape index (κ2) is 5.82. The van der Waals surface area contributed by atoms with Crippen LogP contribution in [-0.4, -0.2) is 35.7 Å². The van der Waals surface area contributed by atoms with Gasteiger partial charge in [-0.2, -0.15) is 4.98 Å². The molecule has 0 aliphatic rings. The fraction of sp³-hybridized carbons (Fsp3) is 0.800. The van der Waals surface area contributed by atoms with Crippen LogP contribution in [0.5, 0.6) is 0 Å². The maximum atomic E-state index is 5.66. The van der Waals surface area contributed by atoms with Gasteiger partial charge in [0.05, 0.1) is 12.5 Å². The van der Waals surface area contributed by atoms with Crippen LogP contribution in [0.2, 0.25) is 0 Å². The molecule has 0 amide bonds. The van der Waals surface area contributed by atoms with Crippen molar-refractivity contribution in [1.29, 1.82) is 0 Å². The Morgan fingerprint density at radius 2 is 2.20 bits per heavy atom. The van der Waals surface area contributed by atoms with E-state index in [2.05, 4.69) is 17.1 Å². The molecule has 0 spiro atoms. The highest BCUT2D eigenvalue weighted by molar-refractivity contribution is 4.94. The van der Waals surface area contributed by atoms with E-state index in [1.165, 1.54) is 0 Å². The van der Waals surface area contributed by atoms with Crippen LogP contribution in [0.4, 0.5) is 0 Å². The number of aromatic nitrogens is 2. The van der Waals surface area contributed by atoms with Crippen LogP contribution in [-0.2, 0) is 6.54 Å². The predicted molar refractivity (Wildman–Crippen MR) is 58.4 cm³/mol. The molecular weight excluding hydrogens is 192 g/mol. The molecular formula is C10H20N4O. The van der Waals surface area contributed by atoms with Crippen molar-refractivity contribution in [2.75, 3.05) is 20.6 Å². The minimum Gasteiger partial charge on any atom is -0.339 e. The molecule has 1 aromatic heterocycles. The van der Waals surface area contributed by atoms with E-state index in [-0.39, 0.29) is 5.92 Å². The van der Waals surface area contributed by atoms with Crippen molar-refractivity contribution in [2.45, 2.75) is 32.2 Å². The predicted octanol–water partition coefficient (Wildman–Crippen LogP) is 0.974. The van der Waals surface area contributed by atoms with Gasteiger partial charge in [-0.3, -0.25) is 0 Å². The molecule has 1 unspecified atom stereocenters. The van der Waals surface area contributed by atoms with Crippen LogP contribution in [0.3, 0.4) is 0 Å². The van der Waals surface area contributed by atoms with Crippen LogP contribution in [0.15, 0.2) is 4.52 Å². The Hall–Kier alpha value is -0.940. The number of nitrogens with zero attached hydrogens (tertiary/aromatic N) is 3. The molecule has 0 saturated carbocycles. The van der Waals surface area contributed by atoms with Gasteiger partial charge >= 0.3 is 0 Å². The molecule has 5 heteroatoms. The van der Waals surface area contributed by atoms with Crippen molar-refractivity contribution in [2.24, 2.45) is 5.73 Å². The summed E-state index contributed by atoms with van der Waals surface area (Å²) in [4.78, 5) is 6.35. The number of hydrogen-bond donors (Lipinski definition) is 1. The second-order valence-corrected chi connectivity index (χ2v) is 4.01. The molecule has 0 aliphatic heterocycles. The molecule has 0 saturated heterocycles. The Morgan fingerprint density at radius 3 is 2.73 bits per heavy atom. The standard InChI is InChI=1S/C10H20N4O/c1-4-5-8(6-11)10-12-9(13-15-10)7-14(2)3/h8H,4-7,11H2,1-3H3. The zero-order valence-corrected chi connectivity index (χ0v) is 9.73. The van der Waals surface area contributed by atoms with E-state index in [9.17, 15) is 0 Å². The van der Waals surface area contributed by atoms with Crippen LogP contribution in [0, 0.1) is 0 Å². The van der Waals surface area contributed by atoms with E-state index in [1.807, 2.05) is 19.0 Å². The van der Waals surface area contributed by atoms with Gasteiger partial charge in [-0.25, -0.2) is 0 Å². The zero-order chi connectivity index (χ0) is 11.3. The first-order chi connectivity index (χ1) is 7.17.